The average molecular weight is 393 g/mol. The lowest BCUT2D eigenvalue weighted by Crippen LogP contribution is -2.00. The summed E-state index contributed by atoms with van der Waals surface area (Å²) in [5.74, 6) is -0.315. The van der Waals surface area contributed by atoms with Crippen molar-refractivity contribution < 1.29 is 9.21 Å². The van der Waals surface area contributed by atoms with Crippen molar-refractivity contribution in [2.45, 2.75) is 13.5 Å². The first-order valence-corrected chi connectivity index (χ1v) is 9.52. The van der Waals surface area contributed by atoms with Crippen molar-refractivity contribution in [1.29, 1.82) is 5.26 Å². The number of nitrogens with zero attached hydrogens (tertiary/aromatic N) is 3. The Morgan fingerprint density at radius 3 is 2.53 bits per heavy atom. The summed E-state index contributed by atoms with van der Waals surface area (Å²) in [6.45, 7) is 2.61. The Bertz CT molecular complexity index is 1230. The molecule has 2 aromatic heterocycles. The number of benzene rings is 2. The fourth-order valence-corrected chi connectivity index (χ4v) is 3.17. The number of hydrogen-bond acceptors (Lipinski definition) is 4. The molecular weight excluding hydrogens is 374 g/mol. The smallest absolute Gasteiger partial charge is 0.238 e. The normalized spacial score (nSPS) is 11.3. The molecular formula is C25H19N3O2. The topological polar surface area (TPSA) is 71.8 Å². The molecule has 2 heterocycles. The fourth-order valence-electron chi connectivity index (χ4n) is 3.17. The van der Waals surface area contributed by atoms with Crippen LogP contribution in [0.4, 0.5) is 0 Å². The summed E-state index contributed by atoms with van der Waals surface area (Å²) in [5.41, 5.74) is 4.58. The molecule has 5 heteroatoms. The molecule has 4 rings (SSSR count). The molecule has 0 fully saturated rings. The largest absolute Gasteiger partial charge is 0.461 e. The number of ketones is 1. The lowest BCUT2D eigenvalue weighted by Gasteiger charge is -2.02. The van der Waals surface area contributed by atoms with E-state index >= 15 is 0 Å². The maximum atomic E-state index is 12.6. The number of nitriles is 1. The van der Waals surface area contributed by atoms with Crippen LogP contribution in [0.15, 0.2) is 89.2 Å². The zero-order valence-corrected chi connectivity index (χ0v) is 16.4. The summed E-state index contributed by atoms with van der Waals surface area (Å²) in [4.78, 5) is 12.6. The van der Waals surface area contributed by atoms with Gasteiger partial charge in [0.25, 0.3) is 0 Å². The van der Waals surface area contributed by atoms with Gasteiger partial charge in [-0.25, -0.2) is 0 Å². The standard InChI is InChI=1S/C25H19N3O2/c1-18-9-11-20(12-10-18)24-22(14-21(15-26)25(29)23-8-5-13-30-23)17-28(27-24)16-19-6-3-2-4-7-19/h2-14,17H,16H2,1H3/b21-14+. The summed E-state index contributed by atoms with van der Waals surface area (Å²) in [7, 11) is 0. The molecule has 5 nitrogen and oxygen atoms in total. The second kappa shape index (κ2) is 8.46. The van der Waals surface area contributed by atoms with E-state index in [1.807, 2.05) is 78.5 Å². The van der Waals surface area contributed by atoms with Gasteiger partial charge in [-0.15, -0.1) is 0 Å². The molecule has 2 aromatic carbocycles. The number of hydrogen-bond donors (Lipinski definition) is 0. The van der Waals surface area contributed by atoms with E-state index in [1.54, 1.807) is 18.2 Å². The summed E-state index contributed by atoms with van der Waals surface area (Å²) < 4.78 is 6.99. The van der Waals surface area contributed by atoms with Crippen molar-refractivity contribution in [3.05, 3.63) is 107 Å². The molecule has 0 atom stereocenters. The molecule has 0 aliphatic carbocycles. The van der Waals surface area contributed by atoms with Gasteiger partial charge in [0.15, 0.2) is 5.76 Å². The van der Waals surface area contributed by atoms with Crippen LogP contribution in [0.1, 0.15) is 27.2 Å². The minimum Gasteiger partial charge on any atom is -0.461 e. The highest BCUT2D eigenvalue weighted by Gasteiger charge is 2.17. The molecule has 0 aliphatic rings. The van der Waals surface area contributed by atoms with E-state index in [0.29, 0.717) is 17.8 Å². The number of Topliss-reactive ketones (excluding diaryl/α,β-unsaturated/α-hetero) is 1. The number of furan rings is 1. The van der Waals surface area contributed by atoms with E-state index in [2.05, 4.69) is 0 Å². The Balaban J connectivity index is 1.77. The zero-order chi connectivity index (χ0) is 20.9. The average Bonchev–Trinajstić information content (AvgIpc) is 3.43. The Kier molecular flexibility index (Phi) is 5.40. The van der Waals surface area contributed by atoms with E-state index in [-0.39, 0.29) is 11.3 Å². The Morgan fingerprint density at radius 2 is 1.87 bits per heavy atom. The van der Waals surface area contributed by atoms with E-state index in [9.17, 15) is 10.1 Å². The Hall–Kier alpha value is -4.17. The molecule has 0 saturated heterocycles. The number of aryl methyl sites for hydroxylation is 1. The molecule has 30 heavy (non-hydrogen) atoms. The van der Waals surface area contributed by atoms with Crippen LogP contribution >= 0.6 is 0 Å². The van der Waals surface area contributed by atoms with Crippen LogP contribution in [-0.2, 0) is 6.54 Å². The van der Waals surface area contributed by atoms with Crippen molar-refractivity contribution in [3.63, 3.8) is 0 Å². The summed E-state index contributed by atoms with van der Waals surface area (Å²) in [6.07, 6.45) is 4.85. The van der Waals surface area contributed by atoms with E-state index < -0.39 is 5.78 Å². The maximum absolute atomic E-state index is 12.6. The molecule has 0 saturated carbocycles. The summed E-state index contributed by atoms with van der Waals surface area (Å²) in [6, 6.07) is 23.2. The first-order valence-electron chi connectivity index (χ1n) is 9.52. The number of aromatic nitrogens is 2. The molecule has 0 spiro atoms. The minimum atomic E-state index is -0.451. The van der Waals surface area contributed by atoms with Gasteiger partial charge in [0, 0.05) is 17.3 Å². The third-order valence-electron chi connectivity index (χ3n) is 4.71. The van der Waals surface area contributed by atoms with Gasteiger partial charge in [-0.05, 0) is 30.7 Å². The van der Waals surface area contributed by atoms with Gasteiger partial charge in [0.2, 0.25) is 5.78 Å². The lowest BCUT2D eigenvalue weighted by molar-refractivity contribution is 0.101. The molecule has 0 unspecified atom stereocenters. The second-order valence-electron chi connectivity index (χ2n) is 6.96. The highest BCUT2D eigenvalue weighted by Crippen LogP contribution is 2.26. The van der Waals surface area contributed by atoms with Gasteiger partial charge < -0.3 is 4.42 Å². The van der Waals surface area contributed by atoms with Crippen molar-refractivity contribution >= 4 is 11.9 Å². The third-order valence-corrected chi connectivity index (χ3v) is 4.71. The summed E-state index contributed by atoms with van der Waals surface area (Å²) in [5, 5.41) is 14.3. The molecule has 146 valence electrons. The third kappa shape index (κ3) is 4.13. The maximum Gasteiger partial charge on any atom is 0.238 e. The Labute approximate surface area is 174 Å². The predicted molar refractivity (Wildman–Crippen MR) is 115 cm³/mol. The fraction of sp³-hybridized carbons (Fsp3) is 0.0800. The van der Waals surface area contributed by atoms with Crippen LogP contribution in [0.5, 0.6) is 0 Å². The molecule has 0 bridgehead atoms. The van der Waals surface area contributed by atoms with Crippen LogP contribution in [0.3, 0.4) is 0 Å². The van der Waals surface area contributed by atoms with E-state index in [1.165, 1.54) is 6.26 Å². The van der Waals surface area contributed by atoms with Crippen molar-refractivity contribution in [2.75, 3.05) is 0 Å². The quantitative estimate of drug-likeness (QED) is 0.253. The number of allylic oxidation sites excluding steroid dienone is 1. The van der Waals surface area contributed by atoms with Gasteiger partial charge in [-0.1, -0.05) is 60.2 Å². The highest BCUT2D eigenvalue weighted by atomic mass is 16.3. The second-order valence-corrected chi connectivity index (χ2v) is 6.96. The van der Waals surface area contributed by atoms with Gasteiger partial charge in [-0.3, -0.25) is 9.48 Å². The van der Waals surface area contributed by atoms with Crippen LogP contribution in [0, 0.1) is 18.3 Å². The van der Waals surface area contributed by atoms with Crippen molar-refractivity contribution in [3.8, 4) is 17.3 Å². The SMILES string of the molecule is Cc1ccc(-c2nn(Cc3ccccc3)cc2/C=C(\C#N)C(=O)c2ccco2)cc1. The molecule has 0 N–H and O–H groups in total. The van der Waals surface area contributed by atoms with Crippen LogP contribution < -0.4 is 0 Å². The predicted octanol–water partition coefficient (Wildman–Crippen LogP) is 5.29. The van der Waals surface area contributed by atoms with Gasteiger partial charge >= 0.3 is 0 Å². The van der Waals surface area contributed by atoms with Gasteiger partial charge in [-0.2, -0.15) is 10.4 Å². The number of rotatable bonds is 6. The van der Waals surface area contributed by atoms with Gasteiger partial charge in [0.1, 0.15) is 11.6 Å². The van der Waals surface area contributed by atoms with Crippen LogP contribution in [-0.4, -0.2) is 15.6 Å². The lowest BCUT2D eigenvalue weighted by atomic mass is 10.0. The highest BCUT2D eigenvalue weighted by molar-refractivity contribution is 6.12. The van der Waals surface area contributed by atoms with Crippen molar-refractivity contribution in [2.24, 2.45) is 0 Å². The van der Waals surface area contributed by atoms with E-state index in [4.69, 9.17) is 9.52 Å². The first kappa shape index (κ1) is 19.2. The molecule has 0 aliphatic heterocycles. The summed E-state index contributed by atoms with van der Waals surface area (Å²) >= 11 is 0. The number of carbonyl (C=O) groups is 1. The minimum absolute atomic E-state index is 0.00225. The zero-order valence-electron chi connectivity index (χ0n) is 16.4. The van der Waals surface area contributed by atoms with Crippen molar-refractivity contribution in [1.82, 2.24) is 9.78 Å². The Morgan fingerprint density at radius 1 is 1.10 bits per heavy atom. The number of carbonyl (C=O) groups excluding carboxylic acids is 1. The van der Waals surface area contributed by atoms with Crippen LogP contribution in [0.2, 0.25) is 0 Å². The van der Waals surface area contributed by atoms with Crippen LogP contribution in [0.25, 0.3) is 17.3 Å². The molecule has 0 radical (unpaired) electrons. The monoisotopic (exact) mass is 393 g/mol. The van der Waals surface area contributed by atoms with Gasteiger partial charge in [0.05, 0.1) is 18.5 Å². The first-order chi connectivity index (χ1) is 14.6. The van der Waals surface area contributed by atoms with E-state index in [0.717, 1.165) is 16.7 Å². The molecule has 0 amide bonds. The molecule has 4 aromatic rings.